The van der Waals surface area contributed by atoms with Crippen molar-refractivity contribution in [3.05, 3.63) is 17.5 Å². The van der Waals surface area contributed by atoms with Gasteiger partial charge in [0.15, 0.2) is 5.96 Å². The monoisotopic (exact) mass is 467 g/mol. The van der Waals surface area contributed by atoms with Crippen LogP contribution in [0.3, 0.4) is 0 Å². The molecular weight excluding hydrogens is 437 g/mol. The number of aliphatic imine (C=N–C) groups is 1. The second kappa shape index (κ2) is 11.9. The van der Waals surface area contributed by atoms with Gasteiger partial charge in [-0.1, -0.05) is 0 Å². The smallest absolute Gasteiger partial charge is 0.193 e. The molecule has 2 rings (SSSR count). The van der Waals surface area contributed by atoms with E-state index >= 15 is 0 Å². The summed E-state index contributed by atoms with van der Waals surface area (Å²) in [5.41, 5.74) is 0. The summed E-state index contributed by atoms with van der Waals surface area (Å²) in [5.74, 6) is 1.01. The van der Waals surface area contributed by atoms with Crippen LogP contribution in [0.1, 0.15) is 0 Å². The Hall–Kier alpha value is -0.580. The Balaban J connectivity index is 0.00000288. The summed E-state index contributed by atoms with van der Waals surface area (Å²) in [7, 11) is 5.72. The first-order valence-electron chi connectivity index (χ1n) is 8.16. The van der Waals surface area contributed by atoms with Crippen LogP contribution in [0.2, 0.25) is 0 Å². The lowest BCUT2D eigenvalue weighted by Crippen LogP contribution is -2.53. The molecule has 0 atom stereocenters. The lowest BCUT2D eigenvalue weighted by atomic mass is 10.3. The largest absolute Gasteiger partial charge is 0.383 e. The first-order valence-corrected chi connectivity index (χ1v) is 9.04. The summed E-state index contributed by atoms with van der Waals surface area (Å²) in [4.78, 5) is 11.5. The van der Waals surface area contributed by atoms with Gasteiger partial charge in [-0.25, -0.2) is 0 Å². The summed E-state index contributed by atoms with van der Waals surface area (Å²) in [6.07, 6.45) is 0. The van der Waals surface area contributed by atoms with Crippen molar-refractivity contribution in [2.24, 2.45) is 4.99 Å². The molecule has 0 radical (unpaired) electrons. The van der Waals surface area contributed by atoms with Crippen LogP contribution >= 0.6 is 35.3 Å². The van der Waals surface area contributed by atoms with Gasteiger partial charge in [0.05, 0.1) is 11.6 Å². The predicted octanol–water partition coefficient (Wildman–Crippen LogP) is 1.64. The van der Waals surface area contributed by atoms with Crippen molar-refractivity contribution >= 4 is 46.3 Å². The molecule has 8 heteroatoms. The summed E-state index contributed by atoms with van der Waals surface area (Å²) in [6, 6.07) is 4.32. The third-order valence-corrected chi connectivity index (χ3v) is 4.99. The summed E-state index contributed by atoms with van der Waals surface area (Å²) in [5, 5.41) is 6.98. The van der Waals surface area contributed by atoms with Crippen LogP contribution in [0.25, 0.3) is 0 Å². The normalized spacial score (nSPS) is 15.6. The second-order valence-corrected chi connectivity index (χ2v) is 6.62. The van der Waals surface area contributed by atoms with Gasteiger partial charge in [0.1, 0.15) is 0 Å². The van der Waals surface area contributed by atoms with Crippen molar-refractivity contribution in [3.63, 3.8) is 0 Å². The molecule has 0 aliphatic carbocycles. The number of methoxy groups -OCH3 is 1. The number of guanidine groups is 1. The number of thiophene rings is 1. The first-order chi connectivity index (χ1) is 11.2. The van der Waals surface area contributed by atoms with Gasteiger partial charge >= 0.3 is 0 Å². The van der Waals surface area contributed by atoms with E-state index in [9.17, 15) is 0 Å². The lowest BCUT2D eigenvalue weighted by Gasteiger charge is -2.37. The highest BCUT2D eigenvalue weighted by Crippen LogP contribution is 2.22. The van der Waals surface area contributed by atoms with E-state index in [1.807, 2.05) is 18.4 Å². The zero-order valence-corrected chi connectivity index (χ0v) is 18.0. The van der Waals surface area contributed by atoms with Gasteiger partial charge < -0.3 is 24.8 Å². The Morgan fingerprint density at radius 1 is 1.33 bits per heavy atom. The molecular formula is C16H30IN5OS. The van der Waals surface area contributed by atoms with Gasteiger partial charge in [-0.05, 0) is 24.6 Å². The van der Waals surface area contributed by atoms with E-state index in [1.54, 1.807) is 7.11 Å². The molecule has 1 N–H and O–H groups in total. The number of nitrogens with one attached hydrogen (secondary N) is 1. The van der Waals surface area contributed by atoms with Crippen LogP contribution in [0.15, 0.2) is 22.5 Å². The van der Waals surface area contributed by atoms with Crippen LogP contribution in [0, 0.1) is 0 Å². The minimum atomic E-state index is 0. The minimum absolute atomic E-state index is 0. The van der Waals surface area contributed by atoms with Crippen LogP contribution < -0.4 is 10.2 Å². The van der Waals surface area contributed by atoms with Crippen LogP contribution in [0.5, 0.6) is 0 Å². The van der Waals surface area contributed by atoms with Crippen LogP contribution in [-0.2, 0) is 4.74 Å². The number of nitrogens with zero attached hydrogens (tertiary/aromatic N) is 4. The number of anilines is 1. The number of ether oxygens (including phenoxy) is 1. The van der Waals surface area contributed by atoms with Gasteiger partial charge in [-0.2, -0.15) is 0 Å². The van der Waals surface area contributed by atoms with Crippen molar-refractivity contribution in [1.82, 2.24) is 15.1 Å². The quantitative estimate of drug-likeness (QED) is 0.375. The standard InChI is InChI=1S/C16H29N5OS.HI/c1-17-16(18-6-7-19(2)12-13-22-3)21-10-8-20(9-11-21)15-5-4-14-23-15;/h4-5,14H,6-13H2,1-3H3,(H,17,18);1H. The van der Waals surface area contributed by atoms with Gasteiger partial charge in [0.2, 0.25) is 0 Å². The van der Waals surface area contributed by atoms with E-state index in [1.165, 1.54) is 5.00 Å². The number of rotatable bonds is 7. The van der Waals surface area contributed by atoms with Crippen molar-refractivity contribution in [1.29, 1.82) is 0 Å². The average molecular weight is 467 g/mol. The maximum absolute atomic E-state index is 5.10. The summed E-state index contributed by atoms with van der Waals surface area (Å²) >= 11 is 1.81. The minimum Gasteiger partial charge on any atom is -0.383 e. The Morgan fingerprint density at radius 3 is 2.67 bits per heavy atom. The molecule has 138 valence electrons. The Bertz CT molecular complexity index is 463. The molecule has 0 saturated carbocycles. The summed E-state index contributed by atoms with van der Waals surface area (Å²) in [6.45, 7) is 7.74. The molecule has 1 aliphatic heterocycles. The average Bonchev–Trinajstić information content (AvgIpc) is 3.12. The molecule has 1 aliphatic rings. The highest BCUT2D eigenvalue weighted by Gasteiger charge is 2.20. The zero-order chi connectivity index (χ0) is 16.5. The third kappa shape index (κ3) is 6.73. The fourth-order valence-electron chi connectivity index (χ4n) is 2.64. The van der Waals surface area contributed by atoms with E-state index < -0.39 is 0 Å². The topological polar surface area (TPSA) is 43.3 Å². The maximum Gasteiger partial charge on any atom is 0.193 e. The zero-order valence-electron chi connectivity index (χ0n) is 14.9. The maximum atomic E-state index is 5.10. The van der Waals surface area contributed by atoms with Crippen molar-refractivity contribution in [2.75, 3.05) is 78.5 Å². The van der Waals surface area contributed by atoms with Gasteiger partial charge in [0.25, 0.3) is 0 Å². The molecule has 0 unspecified atom stereocenters. The molecule has 1 aromatic heterocycles. The fraction of sp³-hybridized carbons (Fsp3) is 0.688. The Labute approximate surface area is 166 Å². The van der Waals surface area contributed by atoms with E-state index in [0.29, 0.717) is 0 Å². The SMILES string of the molecule is CN=C(NCCN(C)CCOC)N1CCN(c2cccs2)CC1.I. The highest BCUT2D eigenvalue weighted by molar-refractivity contribution is 14.0. The molecule has 1 fully saturated rings. The Morgan fingerprint density at radius 2 is 2.08 bits per heavy atom. The number of piperazine rings is 1. The second-order valence-electron chi connectivity index (χ2n) is 5.70. The summed E-state index contributed by atoms with van der Waals surface area (Å²) < 4.78 is 5.10. The number of hydrogen-bond acceptors (Lipinski definition) is 5. The number of halogens is 1. The molecule has 0 amide bonds. The molecule has 24 heavy (non-hydrogen) atoms. The van der Waals surface area contributed by atoms with Crippen molar-refractivity contribution in [2.45, 2.75) is 0 Å². The molecule has 1 saturated heterocycles. The fourth-order valence-corrected chi connectivity index (χ4v) is 3.42. The van der Waals surface area contributed by atoms with Crippen LogP contribution in [-0.4, -0.2) is 89.4 Å². The molecule has 0 bridgehead atoms. The Kier molecular flexibility index (Phi) is 10.6. The van der Waals surface area contributed by atoms with E-state index in [2.05, 4.69) is 49.6 Å². The van der Waals surface area contributed by atoms with Gasteiger partial charge in [-0.3, -0.25) is 4.99 Å². The molecule has 1 aromatic rings. The molecule has 0 spiro atoms. The van der Waals surface area contributed by atoms with Crippen LogP contribution in [0.4, 0.5) is 5.00 Å². The van der Waals surface area contributed by atoms with E-state index in [-0.39, 0.29) is 24.0 Å². The van der Waals surface area contributed by atoms with Gasteiger partial charge in [-0.15, -0.1) is 35.3 Å². The molecule has 6 nitrogen and oxygen atoms in total. The van der Waals surface area contributed by atoms with E-state index in [4.69, 9.17) is 4.74 Å². The predicted molar refractivity (Wildman–Crippen MR) is 114 cm³/mol. The van der Waals surface area contributed by atoms with E-state index in [0.717, 1.165) is 58.4 Å². The molecule has 0 aromatic carbocycles. The van der Waals surface area contributed by atoms with Crippen molar-refractivity contribution < 1.29 is 4.74 Å². The third-order valence-electron chi connectivity index (χ3n) is 4.06. The van der Waals surface area contributed by atoms with Gasteiger partial charge in [0, 0.05) is 60.0 Å². The number of likely N-dealkylation sites (N-methyl/N-ethyl adjacent to an activating group) is 1. The number of hydrogen-bond donors (Lipinski definition) is 1. The first kappa shape index (κ1) is 21.5. The van der Waals surface area contributed by atoms with Crippen molar-refractivity contribution in [3.8, 4) is 0 Å². The lowest BCUT2D eigenvalue weighted by molar-refractivity contribution is 0.162. The molecule has 2 heterocycles. The highest BCUT2D eigenvalue weighted by atomic mass is 127.